The third-order valence-corrected chi connectivity index (χ3v) is 3.93. The zero-order chi connectivity index (χ0) is 12.1. The Hall–Kier alpha value is -0.900. The van der Waals surface area contributed by atoms with E-state index in [4.69, 9.17) is 0 Å². The van der Waals surface area contributed by atoms with Crippen LogP contribution in [0.3, 0.4) is 0 Å². The highest BCUT2D eigenvalue weighted by Crippen LogP contribution is 2.26. The van der Waals surface area contributed by atoms with Crippen molar-refractivity contribution < 1.29 is 0 Å². The minimum absolute atomic E-state index is 1.04. The maximum absolute atomic E-state index is 3.36. The summed E-state index contributed by atoms with van der Waals surface area (Å²) < 4.78 is 1.39. The van der Waals surface area contributed by atoms with E-state index in [0.717, 1.165) is 26.2 Å². The van der Waals surface area contributed by atoms with Crippen LogP contribution in [-0.4, -0.2) is 31.6 Å². The smallest absolute Gasteiger partial charge is 0.0346 e. The summed E-state index contributed by atoms with van der Waals surface area (Å²) in [5, 5.41) is 7.05. The van der Waals surface area contributed by atoms with Crippen LogP contribution in [0.15, 0.2) is 29.6 Å². The standard InChI is InChI=1S/C14H20N2S/c1-3-15-8-9-16(2)10-12-11-17-14-7-5-4-6-13(12)14/h4-7,11,15H,3,8-10H2,1-2H3. The average molecular weight is 248 g/mol. The topological polar surface area (TPSA) is 15.3 Å². The Morgan fingerprint density at radius 1 is 1.29 bits per heavy atom. The van der Waals surface area contributed by atoms with Crippen LogP contribution < -0.4 is 5.32 Å². The van der Waals surface area contributed by atoms with Gasteiger partial charge in [0, 0.05) is 24.3 Å². The normalized spacial score (nSPS) is 11.5. The molecule has 1 aromatic heterocycles. The van der Waals surface area contributed by atoms with E-state index in [0.29, 0.717) is 0 Å². The summed E-state index contributed by atoms with van der Waals surface area (Å²) in [6.45, 7) is 6.39. The SMILES string of the molecule is CCNCCN(C)Cc1csc2ccccc12. The Bertz CT molecular complexity index is 464. The Balaban J connectivity index is 1.98. The lowest BCUT2D eigenvalue weighted by Gasteiger charge is -2.16. The lowest BCUT2D eigenvalue weighted by atomic mass is 10.2. The Labute approximate surface area is 107 Å². The highest BCUT2D eigenvalue weighted by molar-refractivity contribution is 7.17. The number of benzene rings is 1. The van der Waals surface area contributed by atoms with E-state index >= 15 is 0 Å². The maximum atomic E-state index is 3.36. The van der Waals surface area contributed by atoms with Crippen molar-refractivity contribution in [1.82, 2.24) is 10.2 Å². The Morgan fingerprint density at radius 2 is 2.12 bits per heavy atom. The molecule has 0 atom stereocenters. The van der Waals surface area contributed by atoms with Gasteiger partial charge in [0.05, 0.1) is 0 Å². The maximum Gasteiger partial charge on any atom is 0.0346 e. The van der Waals surface area contributed by atoms with Gasteiger partial charge >= 0.3 is 0 Å². The second-order valence-corrected chi connectivity index (χ2v) is 5.26. The molecule has 3 heteroatoms. The number of hydrogen-bond donors (Lipinski definition) is 1. The predicted octanol–water partition coefficient (Wildman–Crippen LogP) is 2.94. The molecule has 0 aliphatic heterocycles. The molecular formula is C14H20N2S. The molecule has 0 amide bonds. The second kappa shape index (κ2) is 6.15. The van der Waals surface area contributed by atoms with Crippen LogP contribution in [0, 0.1) is 0 Å². The number of nitrogens with one attached hydrogen (secondary N) is 1. The molecule has 0 bridgehead atoms. The summed E-state index contributed by atoms with van der Waals surface area (Å²) in [5.74, 6) is 0. The summed E-state index contributed by atoms with van der Waals surface area (Å²) in [6.07, 6.45) is 0. The van der Waals surface area contributed by atoms with Crippen molar-refractivity contribution in [2.45, 2.75) is 13.5 Å². The van der Waals surface area contributed by atoms with Gasteiger partial charge < -0.3 is 10.2 Å². The molecule has 0 spiro atoms. The van der Waals surface area contributed by atoms with Gasteiger partial charge in [0.15, 0.2) is 0 Å². The van der Waals surface area contributed by atoms with E-state index in [1.54, 1.807) is 0 Å². The predicted molar refractivity (Wildman–Crippen MR) is 76.7 cm³/mol. The fourth-order valence-electron chi connectivity index (χ4n) is 1.97. The molecule has 1 aromatic carbocycles. The fraction of sp³-hybridized carbons (Fsp3) is 0.429. The number of nitrogens with zero attached hydrogens (tertiary/aromatic N) is 1. The first-order valence-corrected chi connectivity index (χ1v) is 7.03. The average Bonchev–Trinajstić information content (AvgIpc) is 2.73. The molecule has 2 aromatic rings. The molecule has 17 heavy (non-hydrogen) atoms. The lowest BCUT2D eigenvalue weighted by Crippen LogP contribution is -2.28. The molecule has 1 N–H and O–H groups in total. The van der Waals surface area contributed by atoms with Crippen LogP contribution in [0.1, 0.15) is 12.5 Å². The molecule has 0 aliphatic rings. The second-order valence-electron chi connectivity index (χ2n) is 4.35. The molecular weight excluding hydrogens is 228 g/mol. The van der Waals surface area contributed by atoms with Crippen molar-refractivity contribution >= 4 is 21.4 Å². The first kappa shape index (κ1) is 12.6. The number of rotatable bonds is 6. The van der Waals surface area contributed by atoms with Crippen LogP contribution >= 0.6 is 11.3 Å². The largest absolute Gasteiger partial charge is 0.316 e. The molecule has 0 aliphatic carbocycles. The molecule has 92 valence electrons. The molecule has 2 rings (SSSR count). The van der Waals surface area contributed by atoms with Crippen LogP contribution in [0.25, 0.3) is 10.1 Å². The summed E-state index contributed by atoms with van der Waals surface area (Å²) in [7, 11) is 2.18. The molecule has 0 saturated carbocycles. The van der Waals surface area contributed by atoms with Gasteiger partial charge in [0.25, 0.3) is 0 Å². The fourth-order valence-corrected chi connectivity index (χ4v) is 2.93. The molecule has 0 unspecified atom stereocenters. The number of fused-ring (bicyclic) bond motifs is 1. The van der Waals surface area contributed by atoms with E-state index < -0.39 is 0 Å². The van der Waals surface area contributed by atoms with Crippen LogP contribution in [0.5, 0.6) is 0 Å². The van der Waals surface area contributed by atoms with Crippen LogP contribution in [0.4, 0.5) is 0 Å². The van der Waals surface area contributed by atoms with Crippen LogP contribution in [0.2, 0.25) is 0 Å². The van der Waals surface area contributed by atoms with Crippen molar-refractivity contribution in [3.05, 3.63) is 35.2 Å². The van der Waals surface area contributed by atoms with Gasteiger partial charge in [0.2, 0.25) is 0 Å². The zero-order valence-corrected chi connectivity index (χ0v) is 11.4. The van der Waals surface area contributed by atoms with Gasteiger partial charge in [-0.25, -0.2) is 0 Å². The van der Waals surface area contributed by atoms with E-state index in [2.05, 4.69) is 53.8 Å². The zero-order valence-electron chi connectivity index (χ0n) is 10.6. The van der Waals surface area contributed by atoms with Crippen molar-refractivity contribution in [3.8, 4) is 0 Å². The summed E-state index contributed by atoms with van der Waals surface area (Å²) in [5.41, 5.74) is 1.45. The quantitative estimate of drug-likeness (QED) is 0.791. The van der Waals surface area contributed by atoms with Crippen molar-refractivity contribution in [2.24, 2.45) is 0 Å². The van der Waals surface area contributed by atoms with Gasteiger partial charge in [-0.1, -0.05) is 25.1 Å². The van der Waals surface area contributed by atoms with Gasteiger partial charge in [-0.15, -0.1) is 11.3 Å². The first-order valence-electron chi connectivity index (χ1n) is 6.15. The molecule has 2 nitrogen and oxygen atoms in total. The number of likely N-dealkylation sites (N-methyl/N-ethyl adjacent to an activating group) is 2. The monoisotopic (exact) mass is 248 g/mol. The van der Waals surface area contributed by atoms with Gasteiger partial charge in [-0.3, -0.25) is 0 Å². The molecule has 0 radical (unpaired) electrons. The molecule has 0 fully saturated rings. The lowest BCUT2D eigenvalue weighted by molar-refractivity contribution is 0.327. The highest BCUT2D eigenvalue weighted by Gasteiger charge is 2.05. The Morgan fingerprint density at radius 3 is 2.94 bits per heavy atom. The van der Waals surface area contributed by atoms with E-state index in [1.807, 2.05) is 11.3 Å². The van der Waals surface area contributed by atoms with Crippen molar-refractivity contribution in [3.63, 3.8) is 0 Å². The summed E-state index contributed by atoms with van der Waals surface area (Å²) in [4.78, 5) is 2.37. The van der Waals surface area contributed by atoms with Crippen LogP contribution in [-0.2, 0) is 6.54 Å². The van der Waals surface area contributed by atoms with E-state index in [9.17, 15) is 0 Å². The third-order valence-electron chi connectivity index (χ3n) is 2.92. The highest BCUT2D eigenvalue weighted by atomic mass is 32.1. The summed E-state index contributed by atoms with van der Waals surface area (Å²) >= 11 is 1.84. The minimum Gasteiger partial charge on any atom is -0.316 e. The number of hydrogen-bond acceptors (Lipinski definition) is 3. The van der Waals surface area contributed by atoms with E-state index in [1.165, 1.54) is 15.6 Å². The van der Waals surface area contributed by atoms with Crippen molar-refractivity contribution in [2.75, 3.05) is 26.7 Å². The Kier molecular flexibility index (Phi) is 4.54. The third kappa shape index (κ3) is 3.28. The first-order chi connectivity index (χ1) is 8.31. The molecule has 1 heterocycles. The van der Waals surface area contributed by atoms with Gasteiger partial charge in [-0.05, 0) is 36.0 Å². The molecule has 0 saturated heterocycles. The number of thiophene rings is 1. The van der Waals surface area contributed by atoms with Crippen molar-refractivity contribution in [1.29, 1.82) is 0 Å². The van der Waals surface area contributed by atoms with E-state index in [-0.39, 0.29) is 0 Å². The van der Waals surface area contributed by atoms with Gasteiger partial charge in [-0.2, -0.15) is 0 Å². The van der Waals surface area contributed by atoms with Gasteiger partial charge in [0.1, 0.15) is 0 Å². The summed E-state index contributed by atoms with van der Waals surface area (Å²) in [6, 6.07) is 8.65. The minimum atomic E-state index is 1.04.